The van der Waals surface area contributed by atoms with Gasteiger partial charge in [-0.15, -0.1) is 0 Å². The number of carbonyl (C=O) groups is 2. The molecule has 3 amide bonds. The van der Waals surface area contributed by atoms with Gasteiger partial charge in [-0.2, -0.15) is 4.99 Å². The lowest BCUT2D eigenvalue weighted by Crippen LogP contribution is -2.45. The number of amides is 3. The largest absolute Gasteiger partial charge is 0.488 e. The van der Waals surface area contributed by atoms with E-state index in [1.54, 1.807) is 53.8 Å². The van der Waals surface area contributed by atoms with E-state index in [9.17, 15) is 9.59 Å². The molecule has 0 atom stereocenters. The molecule has 1 saturated heterocycles. The number of hydrogen-bond donors (Lipinski definition) is 2. The fourth-order valence-corrected chi connectivity index (χ4v) is 5.21. The molecular weight excluding hydrogens is 558 g/mol. The number of anilines is 2. The topological polar surface area (TPSA) is 126 Å². The Labute approximate surface area is 258 Å². The van der Waals surface area contributed by atoms with Crippen LogP contribution in [0.2, 0.25) is 0 Å². The van der Waals surface area contributed by atoms with Crippen LogP contribution in [0.1, 0.15) is 41.7 Å². The van der Waals surface area contributed by atoms with Crippen LogP contribution in [0.3, 0.4) is 0 Å². The van der Waals surface area contributed by atoms with Gasteiger partial charge in [0.15, 0.2) is 6.61 Å². The summed E-state index contributed by atoms with van der Waals surface area (Å²) in [6, 6.07) is 10.1. The van der Waals surface area contributed by atoms with Gasteiger partial charge in [-0.05, 0) is 56.6 Å². The number of carbonyl (C=O) groups excluding carboxylic acids is 2. The number of pyridine rings is 1. The van der Waals surface area contributed by atoms with E-state index in [0.29, 0.717) is 36.6 Å². The fourth-order valence-electron chi connectivity index (χ4n) is 5.21. The van der Waals surface area contributed by atoms with Crippen LogP contribution in [0.5, 0.6) is 0 Å². The highest BCUT2D eigenvalue weighted by molar-refractivity contribution is 6.04. The Bertz CT molecular complexity index is 1430. The molecule has 44 heavy (non-hydrogen) atoms. The molecule has 1 aromatic heterocycles. The molecular formula is C33H41N7O4. The van der Waals surface area contributed by atoms with Crippen LogP contribution in [0.25, 0.3) is 0 Å². The molecule has 2 aromatic rings. The predicted molar refractivity (Wildman–Crippen MR) is 171 cm³/mol. The Morgan fingerprint density at radius 2 is 1.98 bits per heavy atom. The number of nitrogens with one attached hydrogen (secondary N) is 1. The number of benzene rings is 1. The van der Waals surface area contributed by atoms with Crippen LogP contribution >= 0.6 is 0 Å². The van der Waals surface area contributed by atoms with Gasteiger partial charge in [0.05, 0.1) is 11.4 Å². The smallest absolute Gasteiger partial charge is 0.346 e. The Balaban J connectivity index is 1.23. The zero-order valence-electron chi connectivity index (χ0n) is 25.3. The van der Waals surface area contributed by atoms with Crippen molar-refractivity contribution in [3.8, 4) is 0 Å². The number of urea groups is 1. The SMILES string of the molecule is CN1CCN(CCCN(Cc2ccc(C(=O)Nc3ccccc3N)nc2)C(=O)N=C2COC=C(CC3=CC=CCC3)O2)CC1. The van der Waals surface area contributed by atoms with E-state index in [4.69, 9.17) is 15.2 Å². The van der Waals surface area contributed by atoms with E-state index in [2.05, 4.69) is 50.4 Å². The molecule has 1 aromatic carbocycles. The molecule has 1 fully saturated rings. The van der Waals surface area contributed by atoms with E-state index < -0.39 is 6.03 Å². The summed E-state index contributed by atoms with van der Waals surface area (Å²) in [5.74, 6) is 0.523. The van der Waals surface area contributed by atoms with Gasteiger partial charge in [-0.3, -0.25) is 9.78 Å². The zero-order valence-corrected chi connectivity index (χ0v) is 25.3. The van der Waals surface area contributed by atoms with E-state index in [1.165, 1.54) is 5.57 Å². The number of piperazine rings is 1. The summed E-state index contributed by atoms with van der Waals surface area (Å²) in [5.41, 5.74) is 9.24. The molecule has 2 aliphatic heterocycles. The number of ether oxygens (including phenoxy) is 2. The van der Waals surface area contributed by atoms with Gasteiger partial charge in [0.25, 0.3) is 5.91 Å². The van der Waals surface area contributed by atoms with E-state index in [1.807, 2.05) is 0 Å². The molecule has 0 bridgehead atoms. The first-order valence-electron chi connectivity index (χ1n) is 15.1. The lowest BCUT2D eigenvalue weighted by Gasteiger charge is -2.32. The van der Waals surface area contributed by atoms with Gasteiger partial charge < -0.3 is 35.2 Å². The van der Waals surface area contributed by atoms with Crippen molar-refractivity contribution >= 4 is 29.2 Å². The average Bonchev–Trinajstić information content (AvgIpc) is 3.03. The third-order valence-electron chi connectivity index (χ3n) is 7.80. The van der Waals surface area contributed by atoms with Gasteiger partial charge >= 0.3 is 6.03 Å². The van der Waals surface area contributed by atoms with Crippen LogP contribution in [0.15, 0.2) is 83.4 Å². The minimum absolute atomic E-state index is 0.0978. The minimum Gasteiger partial charge on any atom is -0.488 e. The number of nitrogen functional groups attached to an aromatic ring is 1. The summed E-state index contributed by atoms with van der Waals surface area (Å²) in [5, 5.41) is 2.79. The summed E-state index contributed by atoms with van der Waals surface area (Å²) in [6.45, 7) is 5.91. The van der Waals surface area contributed by atoms with E-state index >= 15 is 0 Å². The van der Waals surface area contributed by atoms with Crippen molar-refractivity contribution in [2.75, 3.05) is 64.0 Å². The maximum absolute atomic E-state index is 13.5. The first-order valence-corrected chi connectivity index (χ1v) is 15.1. The van der Waals surface area contributed by atoms with Crippen molar-refractivity contribution in [1.29, 1.82) is 0 Å². The minimum atomic E-state index is -0.399. The van der Waals surface area contributed by atoms with Crippen LogP contribution in [0.4, 0.5) is 16.2 Å². The van der Waals surface area contributed by atoms with Gasteiger partial charge in [0.2, 0.25) is 5.90 Å². The number of likely N-dealkylation sites (N-methyl/N-ethyl adjacent to an activating group) is 1. The fraction of sp³-hybridized carbons (Fsp3) is 0.394. The number of aromatic nitrogens is 1. The average molecular weight is 600 g/mol. The molecule has 11 heteroatoms. The molecule has 11 nitrogen and oxygen atoms in total. The highest BCUT2D eigenvalue weighted by Crippen LogP contribution is 2.23. The molecule has 5 rings (SSSR count). The third kappa shape index (κ3) is 9.01. The molecule has 3 N–H and O–H groups in total. The number of para-hydroxylation sites is 2. The molecule has 3 heterocycles. The first-order chi connectivity index (χ1) is 21.4. The highest BCUT2D eigenvalue weighted by Gasteiger charge is 2.21. The number of rotatable bonds is 10. The predicted octanol–water partition coefficient (Wildman–Crippen LogP) is 4.43. The zero-order chi connectivity index (χ0) is 30.7. The van der Waals surface area contributed by atoms with Crippen molar-refractivity contribution in [2.45, 2.75) is 32.2 Å². The van der Waals surface area contributed by atoms with Crippen molar-refractivity contribution < 1.29 is 19.1 Å². The normalized spacial score (nSPS) is 18.2. The van der Waals surface area contributed by atoms with Crippen LogP contribution in [0, 0.1) is 0 Å². The van der Waals surface area contributed by atoms with Crippen molar-refractivity contribution in [3.05, 3.63) is 89.7 Å². The van der Waals surface area contributed by atoms with E-state index in [-0.39, 0.29) is 24.1 Å². The van der Waals surface area contributed by atoms with Gasteiger partial charge in [0.1, 0.15) is 17.7 Å². The summed E-state index contributed by atoms with van der Waals surface area (Å²) < 4.78 is 11.6. The van der Waals surface area contributed by atoms with Gasteiger partial charge in [-0.1, -0.05) is 42.0 Å². The Morgan fingerprint density at radius 3 is 2.73 bits per heavy atom. The van der Waals surface area contributed by atoms with Crippen LogP contribution in [-0.4, -0.2) is 90.4 Å². The molecule has 0 saturated carbocycles. The number of nitrogens with zero attached hydrogens (tertiary/aromatic N) is 5. The van der Waals surface area contributed by atoms with Crippen LogP contribution < -0.4 is 11.1 Å². The van der Waals surface area contributed by atoms with Crippen molar-refractivity contribution in [2.24, 2.45) is 4.99 Å². The third-order valence-corrected chi connectivity index (χ3v) is 7.80. The quantitative estimate of drug-likeness (QED) is 0.385. The maximum Gasteiger partial charge on any atom is 0.346 e. The summed E-state index contributed by atoms with van der Waals surface area (Å²) in [7, 11) is 2.14. The number of hydrogen-bond acceptors (Lipinski definition) is 8. The second-order valence-corrected chi connectivity index (χ2v) is 11.3. The highest BCUT2D eigenvalue weighted by atomic mass is 16.6. The number of allylic oxidation sites excluding steroid dienone is 4. The standard InChI is InChI=1S/C33H41N7O4/c1-38-16-18-39(19-17-38)14-7-15-40(33(42)37-31-24-43-23-27(44-31)20-25-8-3-2-4-9-25)22-26-12-13-30(35-21-26)32(41)36-29-11-6-5-10-28(29)34/h2-3,5-6,8,10-13,21,23H,4,7,9,14-20,22,24,34H2,1H3,(H,36,41). The molecule has 3 aliphatic rings. The lowest BCUT2D eigenvalue weighted by atomic mass is 10.0. The second-order valence-electron chi connectivity index (χ2n) is 11.3. The second kappa shape index (κ2) is 15.3. The van der Waals surface area contributed by atoms with Crippen molar-refractivity contribution in [3.63, 3.8) is 0 Å². The summed E-state index contributed by atoms with van der Waals surface area (Å²) in [4.78, 5) is 41.3. The number of nitrogens with two attached hydrogens (primary N) is 1. The summed E-state index contributed by atoms with van der Waals surface area (Å²) >= 11 is 0. The molecule has 1 aliphatic carbocycles. The molecule has 0 radical (unpaired) electrons. The Kier molecular flexibility index (Phi) is 10.8. The van der Waals surface area contributed by atoms with Crippen LogP contribution in [-0.2, 0) is 16.0 Å². The summed E-state index contributed by atoms with van der Waals surface area (Å²) in [6.07, 6.45) is 12.9. The lowest BCUT2D eigenvalue weighted by molar-refractivity contribution is 0.102. The van der Waals surface area contributed by atoms with E-state index in [0.717, 1.165) is 57.5 Å². The van der Waals surface area contributed by atoms with Crippen molar-refractivity contribution in [1.82, 2.24) is 19.7 Å². The monoisotopic (exact) mass is 599 g/mol. The number of aliphatic imine (C=N–C) groups is 1. The molecule has 0 unspecified atom stereocenters. The van der Waals surface area contributed by atoms with Gasteiger partial charge in [-0.25, -0.2) is 4.79 Å². The van der Waals surface area contributed by atoms with Gasteiger partial charge in [0, 0.05) is 51.9 Å². The Hall–Kier alpha value is -4.48. The Morgan fingerprint density at radius 1 is 1.14 bits per heavy atom. The maximum atomic E-state index is 13.5. The molecule has 232 valence electrons. The molecule has 0 spiro atoms. The first kappa shape index (κ1) is 31.0.